The Morgan fingerprint density at radius 3 is 2.59 bits per heavy atom. The van der Waals surface area contributed by atoms with Crippen LogP contribution in [0.5, 0.6) is 0 Å². The molecule has 0 radical (unpaired) electrons. The van der Waals surface area contributed by atoms with Gasteiger partial charge in [0.15, 0.2) is 0 Å². The van der Waals surface area contributed by atoms with Gasteiger partial charge in [-0.25, -0.2) is 4.98 Å². The van der Waals surface area contributed by atoms with Crippen molar-refractivity contribution in [2.24, 2.45) is 5.73 Å². The Kier molecular flexibility index (Phi) is 4.03. The van der Waals surface area contributed by atoms with Gasteiger partial charge in [0, 0.05) is 18.3 Å². The van der Waals surface area contributed by atoms with Crippen LogP contribution in [0.2, 0.25) is 0 Å². The zero-order chi connectivity index (χ0) is 13.0. The molecule has 1 heterocycles. The molecule has 1 atom stereocenters. The monoisotopic (exact) mass is 236 g/mol. The number of aromatic nitrogens is 1. The maximum Gasteiger partial charge on any atom is 0.252 e. The second kappa shape index (κ2) is 5.29. The van der Waals surface area contributed by atoms with Crippen molar-refractivity contribution >= 4 is 17.6 Å². The summed E-state index contributed by atoms with van der Waals surface area (Å²) in [6.45, 7) is 3.32. The highest BCUT2D eigenvalue weighted by atomic mass is 16.2. The molecule has 0 aliphatic rings. The van der Waals surface area contributed by atoms with Crippen molar-refractivity contribution in [2.45, 2.75) is 19.9 Å². The topological polar surface area (TPSA) is 97.1 Å². The van der Waals surface area contributed by atoms with Crippen LogP contribution in [-0.4, -0.2) is 29.9 Å². The second-order valence-corrected chi connectivity index (χ2v) is 3.73. The second-order valence-electron chi connectivity index (χ2n) is 3.73. The molecule has 1 aromatic rings. The van der Waals surface area contributed by atoms with Crippen LogP contribution < -0.4 is 16.4 Å². The molecule has 1 rings (SSSR count). The molecule has 0 spiro atoms. The normalized spacial score (nSPS) is 11.7. The third kappa shape index (κ3) is 3.44. The van der Waals surface area contributed by atoms with E-state index in [1.54, 1.807) is 26.1 Å². The molecule has 0 bridgehead atoms. The lowest BCUT2D eigenvalue weighted by molar-refractivity contribution is -0.119. The number of rotatable bonds is 4. The van der Waals surface area contributed by atoms with Crippen molar-refractivity contribution in [3.63, 3.8) is 0 Å². The van der Waals surface area contributed by atoms with Gasteiger partial charge in [-0.05, 0) is 26.0 Å². The van der Waals surface area contributed by atoms with Gasteiger partial charge in [-0.1, -0.05) is 0 Å². The fraction of sp³-hybridized carbons (Fsp3) is 0.364. The van der Waals surface area contributed by atoms with Crippen molar-refractivity contribution in [3.05, 3.63) is 23.4 Å². The first-order chi connectivity index (χ1) is 7.93. The van der Waals surface area contributed by atoms with Gasteiger partial charge in [0.05, 0.1) is 0 Å². The Labute approximate surface area is 99.6 Å². The highest BCUT2D eigenvalue weighted by molar-refractivity contribution is 5.97. The summed E-state index contributed by atoms with van der Waals surface area (Å²) in [7, 11) is 1.72. The molecule has 17 heavy (non-hydrogen) atoms. The fourth-order valence-electron chi connectivity index (χ4n) is 1.28. The zero-order valence-electron chi connectivity index (χ0n) is 10.1. The van der Waals surface area contributed by atoms with E-state index in [0.717, 1.165) is 0 Å². The summed E-state index contributed by atoms with van der Waals surface area (Å²) in [5, 5.41) is 5.36. The molecule has 0 saturated carbocycles. The van der Waals surface area contributed by atoms with Crippen molar-refractivity contribution in [2.75, 3.05) is 12.4 Å². The summed E-state index contributed by atoms with van der Waals surface area (Å²) in [5.41, 5.74) is 6.23. The molecular formula is C11H16N4O2. The van der Waals surface area contributed by atoms with Gasteiger partial charge in [-0.3, -0.25) is 9.59 Å². The van der Waals surface area contributed by atoms with Gasteiger partial charge in [-0.2, -0.15) is 0 Å². The van der Waals surface area contributed by atoms with Gasteiger partial charge in [-0.15, -0.1) is 0 Å². The Morgan fingerprint density at radius 1 is 1.41 bits per heavy atom. The number of nitrogens with zero attached hydrogens (tertiary/aromatic N) is 1. The van der Waals surface area contributed by atoms with Gasteiger partial charge < -0.3 is 16.4 Å². The lowest BCUT2D eigenvalue weighted by Gasteiger charge is -2.11. The lowest BCUT2D eigenvalue weighted by Crippen LogP contribution is -2.42. The molecule has 0 aliphatic heterocycles. The number of nitrogens with two attached hydrogens (primary N) is 1. The summed E-state index contributed by atoms with van der Waals surface area (Å²) in [6.07, 6.45) is 0. The van der Waals surface area contributed by atoms with Gasteiger partial charge in [0.2, 0.25) is 5.91 Å². The van der Waals surface area contributed by atoms with Crippen LogP contribution in [0.25, 0.3) is 0 Å². The number of anilines is 1. The Bertz CT molecular complexity index is 445. The van der Waals surface area contributed by atoms with Gasteiger partial charge in [0.1, 0.15) is 11.9 Å². The van der Waals surface area contributed by atoms with E-state index in [1.165, 1.54) is 6.92 Å². The SMILES string of the molecule is CNc1cc(C(=O)NC(C)C(N)=O)cc(C)n1. The van der Waals surface area contributed by atoms with Crippen molar-refractivity contribution in [1.82, 2.24) is 10.3 Å². The van der Waals surface area contributed by atoms with E-state index in [2.05, 4.69) is 15.6 Å². The number of nitrogens with one attached hydrogen (secondary N) is 2. The number of hydrogen-bond acceptors (Lipinski definition) is 4. The number of amides is 2. The standard InChI is InChI=1S/C11H16N4O2/c1-6-4-8(5-9(13-3)14-6)11(17)15-7(2)10(12)16/h4-5,7H,1-3H3,(H2,12,16)(H,13,14)(H,15,17). The predicted octanol–water partition coefficient (Wildman–Crippen LogP) is 0.0353. The molecule has 92 valence electrons. The van der Waals surface area contributed by atoms with E-state index in [0.29, 0.717) is 17.1 Å². The van der Waals surface area contributed by atoms with Crippen LogP contribution in [0.15, 0.2) is 12.1 Å². The molecule has 6 nitrogen and oxygen atoms in total. The van der Waals surface area contributed by atoms with Crippen LogP contribution in [-0.2, 0) is 4.79 Å². The molecule has 0 aliphatic carbocycles. The van der Waals surface area contributed by atoms with E-state index >= 15 is 0 Å². The van der Waals surface area contributed by atoms with Crippen LogP contribution in [0, 0.1) is 6.92 Å². The third-order valence-electron chi connectivity index (χ3n) is 2.25. The highest BCUT2D eigenvalue weighted by Crippen LogP contribution is 2.09. The fourth-order valence-corrected chi connectivity index (χ4v) is 1.28. The van der Waals surface area contributed by atoms with Gasteiger partial charge >= 0.3 is 0 Å². The smallest absolute Gasteiger partial charge is 0.252 e. The first-order valence-electron chi connectivity index (χ1n) is 5.20. The van der Waals surface area contributed by atoms with Crippen molar-refractivity contribution in [3.8, 4) is 0 Å². The molecule has 0 aromatic carbocycles. The molecule has 6 heteroatoms. The summed E-state index contributed by atoms with van der Waals surface area (Å²) >= 11 is 0. The lowest BCUT2D eigenvalue weighted by atomic mass is 10.2. The zero-order valence-corrected chi connectivity index (χ0v) is 10.1. The predicted molar refractivity (Wildman–Crippen MR) is 64.6 cm³/mol. The maximum absolute atomic E-state index is 11.8. The Morgan fingerprint density at radius 2 is 2.06 bits per heavy atom. The number of primary amides is 1. The van der Waals surface area contributed by atoms with E-state index in [-0.39, 0.29) is 5.91 Å². The third-order valence-corrected chi connectivity index (χ3v) is 2.25. The minimum Gasteiger partial charge on any atom is -0.373 e. The van der Waals surface area contributed by atoms with E-state index in [4.69, 9.17) is 5.73 Å². The van der Waals surface area contributed by atoms with Crippen LogP contribution >= 0.6 is 0 Å². The summed E-state index contributed by atoms with van der Waals surface area (Å²) in [6, 6.07) is 2.55. The van der Waals surface area contributed by atoms with Gasteiger partial charge in [0.25, 0.3) is 5.91 Å². The summed E-state index contributed by atoms with van der Waals surface area (Å²) in [5.74, 6) is -0.321. The average molecular weight is 236 g/mol. The van der Waals surface area contributed by atoms with E-state index in [1.807, 2.05) is 0 Å². The quantitative estimate of drug-likeness (QED) is 0.687. The van der Waals surface area contributed by atoms with Crippen LogP contribution in [0.1, 0.15) is 23.0 Å². The molecular weight excluding hydrogens is 220 g/mol. The van der Waals surface area contributed by atoms with Crippen LogP contribution in [0.3, 0.4) is 0 Å². The highest BCUT2D eigenvalue weighted by Gasteiger charge is 2.14. The molecule has 2 amide bonds. The Balaban J connectivity index is 2.88. The minimum atomic E-state index is -0.700. The number of carbonyl (C=O) groups excluding carboxylic acids is 2. The number of hydrogen-bond donors (Lipinski definition) is 3. The average Bonchev–Trinajstić information content (AvgIpc) is 2.27. The molecule has 4 N–H and O–H groups in total. The number of aryl methyl sites for hydroxylation is 1. The molecule has 0 saturated heterocycles. The first kappa shape index (κ1) is 13.0. The Hall–Kier alpha value is -2.11. The van der Waals surface area contributed by atoms with Crippen molar-refractivity contribution < 1.29 is 9.59 Å². The van der Waals surface area contributed by atoms with Crippen LogP contribution in [0.4, 0.5) is 5.82 Å². The molecule has 1 aromatic heterocycles. The largest absolute Gasteiger partial charge is 0.373 e. The molecule has 1 unspecified atom stereocenters. The first-order valence-corrected chi connectivity index (χ1v) is 5.20. The number of pyridine rings is 1. The number of carbonyl (C=O) groups is 2. The van der Waals surface area contributed by atoms with E-state index < -0.39 is 11.9 Å². The summed E-state index contributed by atoms with van der Waals surface area (Å²) in [4.78, 5) is 26.8. The summed E-state index contributed by atoms with van der Waals surface area (Å²) < 4.78 is 0. The van der Waals surface area contributed by atoms with E-state index in [9.17, 15) is 9.59 Å². The minimum absolute atomic E-state index is 0.349. The maximum atomic E-state index is 11.8. The molecule has 0 fully saturated rings. The van der Waals surface area contributed by atoms with Crippen molar-refractivity contribution in [1.29, 1.82) is 0 Å².